The number of carboxylic acid groups (broad SMARTS) is 1. The third kappa shape index (κ3) is 2.78. The van der Waals surface area contributed by atoms with Crippen LogP contribution in [-0.4, -0.2) is 20.7 Å². The highest BCUT2D eigenvalue weighted by Crippen LogP contribution is 2.47. The number of aromatic carboxylic acids is 1. The highest BCUT2D eigenvalue weighted by atomic mass is 35.5. The number of aryl methyl sites for hydroxylation is 1. The lowest BCUT2D eigenvalue weighted by Gasteiger charge is -2.17. The third-order valence-electron chi connectivity index (χ3n) is 5.89. The number of aliphatic hydroxyl groups is 1. The zero-order valence-electron chi connectivity index (χ0n) is 15.7. The van der Waals surface area contributed by atoms with Gasteiger partial charge in [0.2, 0.25) is 5.43 Å². The van der Waals surface area contributed by atoms with Crippen LogP contribution in [0.4, 0.5) is 10.1 Å². The number of nitrogen functional groups attached to an aromatic ring is 1. The highest BCUT2D eigenvalue weighted by molar-refractivity contribution is 7.15. The topological polar surface area (TPSA) is 106 Å². The second kappa shape index (κ2) is 6.80. The summed E-state index contributed by atoms with van der Waals surface area (Å²) in [7, 11) is 0. The molecule has 1 aromatic carbocycles. The van der Waals surface area contributed by atoms with E-state index in [9.17, 15) is 19.8 Å². The standard InChI is InChI=1S/C21H18ClFN2O4S/c22-16-14(13-6-9-11(26)2-1-3-12(9)30-13)17(23)19-15(18(16)24)20(27)10(21(28)29)7-25(19)8-4-5-8/h6-8,11,26H,1-5,24H2,(H,28,29). The van der Waals surface area contributed by atoms with E-state index in [1.165, 1.54) is 22.1 Å². The first-order valence-electron chi connectivity index (χ1n) is 9.69. The zero-order valence-corrected chi connectivity index (χ0v) is 17.3. The second-order valence-corrected chi connectivity index (χ2v) is 9.37. The molecule has 1 fully saturated rings. The fourth-order valence-corrected chi connectivity index (χ4v) is 5.87. The molecule has 2 aliphatic carbocycles. The van der Waals surface area contributed by atoms with E-state index in [1.807, 2.05) is 0 Å². The molecule has 1 unspecified atom stereocenters. The molecule has 0 radical (unpaired) electrons. The van der Waals surface area contributed by atoms with Crippen LogP contribution in [-0.2, 0) is 6.42 Å². The Morgan fingerprint density at radius 2 is 2.07 bits per heavy atom. The molecular weight excluding hydrogens is 431 g/mol. The van der Waals surface area contributed by atoms with Gasteiger partial charge in [-0.2, -0.15) is 0 Å². The smallest absolute Gasteiger partial charge is 0.341 e. The summed E-state index contributed by atoms with van der Waals surface area (Å²) in [5, 5.41) is 19.4. The molecule has 0 amide bonds. The Balaban J connectivity index is 1.86. The van der Waals surface area contributed by atoms with Crippen molar-refractivity contribution in [3.05, 3.63) is 49.3 Å². The van der Waals surface area contributed by atoms with Crippen LogP contribution in [0, 0.1) is 5.82 Å². The fourth-order valence-electron chi connectivity index (χ4n) is 4.23. The predicted molar refractivity (Wildman–Crippen MR) is 114 cm³/mol. The number of halogens is 2. The van der Waals surface area contributed by atoms with Gasteiger partial charge in [0, 0.05) is 22.0 Å². The van der Waals surface area contributed by atoms with E-state index in [0.717, 1.165) is 36.1 Å². The first-order valence-corrected chi connectivity index (χ1v) is 10.9. The van der Waals surface area contributed by atoms with Gasteiger partial charge in [-0.25, -0.2) is 9.18 Å². The number of nitrogens with zero attached hydrogens (tertiary/aromatic N) is 1. The summed E-state index contributed by atoms with van der Waals surface area (Å²) in [6.07, 6.45) is 4.42. The Morgan fingerprint density at radius 1 is 1.33 bits per heavy atom. The highest BCUT2D eigenvalue weighted by Gasteiger charge is 2.32. The summed E-state index contributed by atoms with van der Waals surface area (Å²) in [5.74, 6) is -2.09. The average Bonchev–Trinajstić information content (AvgIpc) is 3.45. The van der Waals surface area contributed by atoms with E-state index in [2.05, 4.69) is 0 Å². The molecule has 0 bridgehead atoms. The molecule has 0 aliphatic heterocycles. The largest absolute Gasteiger partial charge is 0.477 e. The minimum Gasteiger partial charge on any atom is -0.477 e. The van der Waals surface area contributed by atoms with Gasteiger partial charge in [-0.05, 0) is 43.7 Å². The number of aliphatic hydroxyl groups excluding tert-OH is 1. The molecule has 1 saturated carbocycles. The van der Waals surface area contributed by atoms with Crippen molar-refractivity contribution in [2.45, 2.75) is 44.2 Å². The van der Waals surface area contributed by atoms with E-state index < -0.39 is 28.9 Å². The Morgan fingerprint density at radius 3 is 2.70 bits per heavy atom. The van der Waals surface area contributed by atoms with Crippen molar-refractivity contribution in [1.82, 2.24) is 4.57 Å². The molecule has 6 nitrogen and oxygen atoms in total. The van der Waals surface area contributed by atoms with Crippen LogP contribution in [0.1, 0.15) is 58.6 Å². The van der Waals surface area contributed by atoms with E-state index in [4.69, 9.17) is 17.3 Å². The molecule has 30 heavy (non-hydrogen) atoms. The van der Waals surface area contributed by atoms with E-state index in [0.29, 0.717) is 11.3 Å². The molecule has 1 atom stereocenters. The van der Waals surface area contributed by atoms with Gasteiger partial charge in [0.05, 0.1) is 33.3 Å². The van der Waals surface area contributed by atoms with Gasteiger partial charge in [-0.15, -0.1) is 11.3 Å². The Hall–Kier alpha value is -2.42. The van der Waals surface area contributed by atoms with Crippen LogP contribution in [0.3, 0.4) is 0 Å². The van der Waals surface area contributed by atoms with Gasteiger partial charge in [0.15, 0.2) is 5.82 Å². The number of carboxylic acids is 1. The molecule has 3 aromatic rings. The third-order valence-corrected chi connectivity index (χ3v) is 7.51. The number of thiophene rings is 1. The van der Waals surface area contributed by atoms with Crippen molar-refractivity contribution in [3.8, 4) is 10.4 Å². The second-order valence-electron chi connectivity index (χ2n) is 7.85. The van der Waals surface area contributed by atoms with Crippen molar-refractivity contribution in [2.75, 3.05) is 5.73 Å². The van der Waals surface area contributed by atoms with E-state index in [-0.39, 0.29) is 33.2 Å². The first-order chi connectivity index (χ1) is 14.3. The SMILES string of the molecule is Nc1c(Cl)c(-c2cc3c(s2)CCCC3O)c(F)c2c1c(=O)c(C(=O)O)cn2C1CC1. The average molecular weight is 449 g/mol. The maximum Gasteiger partial charge on any atom is 0.341 e. The normalized spacial score (nSPS) is 18.6. The molecule has 4 N–H and O–H groups in total. The molecule has 2 aliphatic rings. The number of anilines is 1. The maximum absolute atomic E-state index is 15.9. The lowest BCUT2D eigenvalue weighted by molar-refractivity contribution is 0.0695. The zero-order chi connectivity index (χ0) is 21.3. The van der Waals surface area contributed by atoms with Gasteiger partial charge >= 0.3 is 5.97 Å². The minimum atomic E-state index is -1.39. The number of pyridine rings is 1. The molecule has 0 saturated heterocycles. The molecular formula is C21H18ClFN2O4S. The predicted octanol–water partition coefficient (Wildman–Crippen LogP) is 4.51. The van der Waals surface area contributed by atoms with Crippen molar-refractivity contribution in [2.24, 2.45) is 0 Å². The van der Waals surface area contributed by atoms with Crippen LogP contribution in [0.2, 0.25) is 5.02 Å². The summed E-state index contributed by atoms with van der Waals surface area (Å²) in [6.45, 7) is 0. The number of hydrogen-bond donors (Lipinski definition) is 3. The Labute approximate surface area is 179 Å². The number of hydrogen-bond acceptors (Lipinski definition) is 5. The monoisotopic (exact) mass is 448 g/mol. The van der Waals surface area contributed by atoms with Crippen molar-refractivity contribution >= 4 is 45.5 Å². The number of fused-ring (bicyclic) bond motifs is 2. The summed E-state index contributed by atoms with van der Waals surface area (Å²) in [6, 6.07) is 1.65. The Bertz CT molecular complexity index is 1290. The van der Waals surface area contributed by atoms with Gasteiger partial charge in [-0.3, -0.25) is 4.79 Å². The molecule has 0 spiro atoms. The fraction of sp³-hybridized carbons (Fsp3) is 0.333. The number of carbonyl (C=O) groups is 1. The van der Waals surface area contributed by atoms with Crippen LogP contribution in [0.5, 0.6) is 0 Å². The van der Waals surface area contributed by atoms with Gasteiger partial charge in [-0.1, -0.05) is 11.6 Å². The number of benzene rings is 1. The number of nitrogens with two attached hydrogens (primary N) is 1. The molecule has 9 heteroatoms. The van der Waals surface area contributed by atoms with E-state index >= 15 is 4.39 Å². The van der Waals surface area contributed by atoms with Crippen molar-refractivity contribution < 1.29 is 19.4 Å². The summed E-state index contributed by atoms with van der Waals surface area (Å²) in [4.78, 5) is 25.9. The lowest BCUT2D eigenvalue weighted by atomic mass is 9.95. The molecule has 2 heterocycles. The van der Waals surface area contributed by atoms with Crippen molar-refractivity contribution in [3.63, 3.8) is 0 Å². The van der Waals surface area contributed by atoms with Gasteiger partial charge < -0.3 is 20.5 Å². The quantitative estimate of drug-likeness (QED) is 0.511. The maximum atomic E-state index is 15.9. The summed E-state index contributed by atoms with van der Waals surface area (Å²) >= 11 is 7.81. The summed E-state index contributed by atoms with van der Waals surface area (Å²) < 4.78 is 17.4. The number of aromatic nitrogens is 1. The molecule has 5 rings (SSSR count). The molecule has 156 valence electrons. The van der Waals surface area contributed by atoms with Crippen LogP contribution >= 0.6 is 22.9 Å². The van der Waals surface area contributed by atoms with Crippen molar-refractivity contribution in [1.29, 1.82) is 0 Å². The molecule has 2 aromatic heterocycles. The van der Waals surface area contributed by atoms with E-state index in [1.54, 1.807) is 6.07 Å². The first kappa shape index (κ1) is 19.5. The minimum absolute atomic E-state index is 0.0173. The Kier molecular flexibility index (Phi) is 4.43. The van der Waals surface area contributed by atoms with Crippen LogP contribution in [0.15, 0.2) is 17.1 Å². The van der Waals surface area contributed by atoms with Crippen LogP contribution in [0.25, 0.3) is 21.3 Å². The lowest BCUT2D eigenvalue weighted by Crippen LogP contribution is -2.21. The van der Waals surface area contributed by atoms with Gasteiger partial charge in [0.1, 0.15) is 5.56 Å². The van der Waals surface area contributed by atoms with Crippen LogP contribution < -0.4 is 11.2 Å². The van der Waals surface area contributed by atoms with Gasteiger partial charge in [0.25, 0.3) is 0 Å². The summed E-state index contributed by atoms with van der Waals surface area (Å²) in [5.41, 5.74) is 5.60. The number of rotatable bonds is 3.